The summed E-state index contributed by atoms with van der Waals surface area (Å²) in [5, 5.41) is 0.550. The van der Waals surface area contributed by atoms with Gasteiger partial charge in [0.2, 0.25) is 5.88 Å². The highest BCUT2D eigenvalue weighted by Gasteiger charge is 2.19. The summed E-state index contributed by atoms with van der Waals surface area (Å²) in [6.07, 6.45) is 7.31. The molecule has 0 bridgehead atoms. The van der Waals surface area contributed by atoms with Crippen molar-refractivity contribution in [2.75, 3.05) is 26.7 Å². The quantitative estimate of drug-likeness (QED) is 0.552. The Morgan fingerprint density at radius 1 is 1.16 bits per heavy atom. The van der Waals surface area contributed by atoms with Gasteiger partial charge in [0.1, 0.15) is 10.8 Å². The Morgan fingerprint density at radius 3 is 2.71 bits per heavy atom. The van der Waals surface area contributed by atoms with Crippen molar-refractivity contribution in [3.05, 3.63) is 63.4 Å². The average molecular weight is 445 g/mol. The number of likely N-dealkylation sites (tertiary alicyclic amines) is 1. The number of rotatable bonds is 7. The van der Waals surface area contributed by atoms with Crippen LogP contribution in [0.15, 0.2) is 41.5 Å². The van der Waals surface area contributed by atoms with Crippen LogP contribution in [0, 0.1) is 11.7 Å². The topological polar surface area (TPSA) is 60.2 Å². The number of ether oxygens (including phenoxy) is 1. The predicted octanol–water partition coefficient (Wildman–Crippen LogP) is 3.94. The van der Waals surface area contributed by atoms with Gasteiger partial charge in [-0.05, 0) is 62.4 Å². The van der Waals surface area contributed by atoms with Crippen molar-refractivity contribution in [1.29, 1.82) is 0 Å². The Kier molecular flexibility index (Phi) is 6.83. The van der Waals surface area contributed by atoms with Crippen molar-refractivity contribution >= 4 is 22.6 Å². The van der Waals surface area contributed by atoms with E-state index >= 15 is 0 Å². The molecule has 0 aromatic carbocycles. The summed E-state index contributed by atoms with van der Waals surface area (Å²) in [6, 6.07) is 6.46. The van der Waals surface area contributed by atoms with E-state index in [0.29, 0.717) is 34.4 Å². The van der Waals surface area contributed by atoms with Gasteiger partial charge in [-0.1, -0.05) is 11.6 Å². The molecular formula is C23H26ClFN4O2. The van der Waals surface area contributed by atoms with Crippen LogP contribution in [-0.2, 0) is 13.0 Å². The summed E-state index contributed by atoms with van der Waals surface area (Å²) in [5.74, 6) is 0.694. The average Bonchev–Trinajstić information content (AvgIpc) is 2.78. The number of pyridine rings is 3. The Hall–Kier alpha value is -2.51. The van der Waals surface area contributed by atoms with Crippen molar-refractivity contribution in [3.63, 3.8) is 0 Å². The molecule has 1 saturated heterocycles. The first-order valence-electron chi connectivity index (χ1n) is 10.6. The second-order valence-corrected chi connectivity index (χ2v) is 8.45. The first kappa shape index (κ1) is 21.7. The van der Waals surface area contributed by atoms with E-state index in [9.17, 15) is 9.18 Å². The fraction of sp³-hybridized carbons (Fsp3) is 0.435. The van der Waals surface area contributed by atoms with Crippen LogP contribution >= 0.6 is 11.6 Å². The minimum atomic E-state index is -0.430. The molecule has 0 amide bonds. The SMILES string of the molecule is COc1ncc(CCC2CCN(CCn3c(=O)ccc4ncc(F)cc43)CC2)cc1Cl. The predicted molar refractivity (Wildman–Crippen MR) is 119 cm³/mol. The van der Waals surface area contributed by atoms with Crippen LogP contribution in [0.1, 0.15) is 24.8 Å². The maximum atomic E-state index is 13.6. The lowest BCUT2D eigenvalue weighted by Crippen LogP contribution is -2.37. The molecule has 0 atom stereocenters. The first-order valence-corrected chi connectivity index (χ1v) is 11.0. The summed E-state index contributed by atoms with van der Waals surface area (Å²) in [7, 11) is 1.56. The lowest BCUT2D eigenvalue weighted by molar-refractivity contribution is 0.174. The van der Waals surface area contributed by atoms with Gasteiger partial charge in [0, 0.05) is 31.4 Å². The Morgan fingerprint density at radius 2 is 1.97 bits per heavy atom. The number of nitrogens with zero attached hydrogens (tertiary/aromatic N) is 4. The summed E-state index contributed by atoms with van der Waals surface area (Å²) in [5.41, 5.74) is 2.19. The lowest BCUT2D eigenvalue weighted by Gasteiger charge is -2.32. The van der Waals surface area contributed by atoms with Crippen LogP contribution in [0.25, 0.3) is 11.0 Å². The summed E-state index contributed by atoms with van der Waals surface area (Å²) < 4.78 is 20.4. The van der Waals surface area contributed by atoms with E-state index in [2.05, 4.69) is 14.9 Å². The molecular weight excluding hydrogens is 419 g/mol. The Balaban J connectivity index is 1.29. The van der Waals surface area contributed by atoms with Crippen molar-refractivity contribution in [2.45, 2.75) is 32.2 Å². The summed E-state index contributed by atoms with van der Waals surface area (Å²) in [6.45, 7) is 3.29. The Bertz CT molecular complexity index is 1110. The van der Waals surface area contributed by atoms with Crippen molar-refractivity contribution < 1.29 is 9.13 Å². The monoisotopic (exact) mass is 444 g/mol. The third kappa shape index (κ3) is 5.22. The van der Waals surface area contributed by atoms with Gasteiger partial charge in [-0.2, -0.15) is 0 Å². The molecule has 3 aromatic rings. The van der Waals surface area contributed by atoms with Crippen LogP contribution in [-0.4, -0.2) is 46.2 Å². The second kappa shape index (κ2) is 9.75. The second-order valence-electron chi connectivity index (χ2n) is 8.04. The number of hydrogen-bond acceptors (Lipinski definition) is 5. The van der Waals surface area contributed by atoms with Gasteiger partial charge in [-0.25, -0.2) is 9.37 Å². The number of fused-ring (bicyclic) bond motifs is 1. The van der Waals surface area contributed by atoms with Crippen LogP contribution in [0.5, 0.6) is 5.88 Å². The lowest BCUT2D eigenvalue weighted by atomic mass is 9.91. The van der Waals surface area contributed by atoms with Gasteiger partial charge < -0.3 is 14.2 Å². The van der Waals surface area contributed by atoms with Crippen molar-refractivity contribution in [2.24, 2.45) is 5.92 Å². The van der Waals surface area contributed by atoms with Crippen LogP contribution in [0.3, 0.4) is 0 Å². The molecule has 0 unspecified atom stereocenters. The number of aryl methyl sites for hydroxylation is 1. The van der Waals surface area contributed by atoms with E-state index in [1.165, 1.54) is 18.3 Å². The van der Waals surface area contributed by atoms with Gasteiger partial charge in [0.15, 0.2) is 0 Å². The van der Waals surface area contributed by atoms with E-state index in [-0.39, 0.29) is 5.56 Å². The number of halogens is 2. The largest absolute Gasteiger partial charge is 0.480 e. The molecule has 164 valence electrons. The van der Waals surface area contributed by atoms with Crippen molar-refractivity contribution in [1.82, 2.24) is 19.4 Å². The van der Waals surface area contributed by atoms with E-state index in [0.717, 1.165) is 50.9 Å². The van der Waals surface area contributed by atoms with E-state index in [4.69, 9.17) is 16.3 Å². The Labute approximate surface area is 185 Å². The molecule has 8 heteroatoms. The van der Waals surface area contributed by atoms with Gasteiger partial charge in [-0.3, -0.25) is 9.78 Å². The molecule has 4 rings (SSSR count). The molecule has 6 nitrogen and oxygen atoms in total. The fourth-order valence-electron chi connectivity index (χ4n) is 4.24. The molecule has 4 heterocycles. The summed E-state index contributed by atoms with van der Waals surface area (Å²) >= 11 is 6.17. The zero-order chi connectivity index (χ0) is 21.8. The van der Waals surface area contributed by atoms with E-state index in [1.54, 1.807) is 17.7 Å². The number of aromatic nitrogens is 3. The first-order chi connectivity index (χ1) is 15.0. The van der Waals surface area contributed by atoms with Gasteiger partial charge in [-0.15, -0.1) is 0 Å². The van der Waals surface area contributed by atoms with Crippen LogP contribution in [0.4, 0.5) is 4.39 Å². The fourth-order valence-corrected chi connectivity index (χ4v) is 4.50. The number of methoxy groups -OCH3 is 1. The van der Waals surface area contributed by atoms with Gasteiger partial charge in [0.05, 0.1) is 24.3 Å². The molecule has 31 heavy (non-hydrogen) atoms. The molecule has 1 fully saturated rings. The maximum absolute atomic E-state index is 13.6. The highest BCUT2D eigenvalue weighted by molar-refractivity contribution is 6.31. The molecule has 1 aliphatic heterocycles. The zero-order valence-electron chi connectivity index (χ0n) is 17.6. The van der Waals surface area contributed by atoms with Crippen LogP contribution < -0.4 is 10.3 Å². The molecule has 0 aliphatic carbocycles. The van der Waals surface area contributed by atoms with Gasteiger partial charge >= 0.3 is 0 Å². The molecule has 3 aromatic heterocycles. The smallest absolute Gasteiger partial charge is 0.251 e. The third-order valence-electron chi connectivity index (χ3n) is 6.05. The normalized spacial score (nSPS) is 15.5. The maximum Gasteiger partial charge on any atom is 0.251 e. The van der Waals surface area contributed by atoms with Gasteiger partial charge in [0.25, 0.3) is 5.56 Å². The minimum Gasteiger partial charge on any atom is -0.480 e. The molecule has 1 aliphatic rings. The molecule has 0 saturated carbocycles. The molecule has 0 N–H and O–H groups in total. The standard InChI is InChI=1S/C23H26ClFN4O2/c1-31-23-19(24)12-17(14-27-23)3-2-16-6-8-28(9-7-16)10-11-29-21-13-18(25)15-26-20(21)4-5-22(29)30/h4-5,12-16H,2-3,6-11H2,1H3. The van der Waals surface area contributed by atoms with E-state index < -0.39 is 5.82 Å². The summed E-state index contributed by atoms with van der Waals surface area (Å²) in [4.78, 5) is 23.0. The highest BCUT2D eigenvalue weighted by Crippen LogP contribution is 2.26. The van der Waals surface area contributed by atoms with Crippen LogP contribution in [0.2, 0.25) is 5.02 Å². The zero-order valence-corrected chi connectivity index (χ0v) is 18.3. The van der Waals surface area contributed by atoms with E-state index in [1.807, 2.05) is 12.3 Å². The minimum absolute atomic E-state index is 0.124. The third-order valence-corrected chi connectivity index (χ3v) is 6.32. The van der Waals surface area contributed by atoms with Crippen molar-refractivity contribution in [3.8, 4) is 5.88 Å². The molecule has 0 spiro atoms. The molecule has 0 radical (unpaired) electrons. The highest BCUT2D eigenvalue weighted by atomic mass is 35.5. The number of hydrogen-bond donors (Lipinski definition) is 0. The number of piperidine rings is 1.